The van der Waals surface area contributed by atoms with Gasteiger partial charge in [0, 0.05) is 32.6 Å². The molecule has 126 valence electrons. The Morgan fingerprint density at radius 3 is 2.50 bits per heavy atom. The van der Waals surface area contributed by atoms with E-state index in [9.17, 15) is 9.90 Å². The lowest BCUT2D eigenvalue weighted by Crippen LogP contribution is -2.46. The SMILES string of the molecule is O=C(NCC1(O)CCOCC1)c1ccccc1Oc1ccccc1. The molecular formula is C19H21NO4. The molecule has 2 N–H and O–H groups in total. The zero-order valence-corrected chi connectivity index (χ0v) is 13.4. The van der Waals surface area contributed by atoms with Crippen molar-refractivity contribution >= 4 is 5.91 Å². The monoisotopic (exact) mass is 327 g/mol. The van der Waals surface area contributed by atoms with Gasteiger partial charge in [0.1, 0.15) is 11.5 Å². The molecule has 0 unspecified atom stereocenters. The smallest absolute Gasteiger partial charge is 0.255 e. The van der Waals surface area contributed by atoms with E-state index in [0.29, 0.717) is 43.1 Å². The van der Waals surface area contributed by atoms with Crippen LogP contribution >= 0.6 is 0 Å². The molecule has 0 saturated carbocycles. The van der Waals surface area contributed by atoms with Crippen molar-refractivity contribution in [3.63, 3.8) is 0 Å². The van der Waals surface area contributed by atoms with Crippen LogP contribution in [-0.4, -0.2) is 36.4 Å². The van der Waals surface area contributed by atoms with Gasteiger partial charge in [0.15, 0.2) is 0 Å². The summed E-state index contributed by atoms with van der Waals surface area (Å²) in [6.45, 7) is 1.23. The molecule has 1 amide bonds. The third kappa shape index (κ3) is 4.13. The third-order valence-electron chi connectivity index (χ3n) is 4.10. The molecule has 2 aromatic carbocycles. The highest BCUT2D eigenvalue weighted by Crippen LogP contribution is 2.25. The van der Waals surface area contributed by atoms with Gasteiger partial charge >= 0.3 is 0 Å². The summed E-state index contributed by atoms with van der Waals surface area (Å²) >= 11 is 0. The summed E-state index contributed by atoms with van der Waals surface area (Å²) in [5.74, 6) is 0.891. The molecule has 1 aliphatic heterocycles. The van der Waals surface area contributed by atoms with Crippen LogP contribution in [0.5, 0.6) is 11.5 Å². The van der Waals surface area contributed by atoms with Gasteiger partial charge in [0.25, 0.3) is 5.91 Å². The van der Waals surface area contributed by atoms with Crippen LogP contribution in [0, 0.1) is 0 Å². The minimum Gasteiger partial charge on any atom is -0.457 e. The molecule has 3 rings (SSSR count). The highest BCUT2D eigenvalue weighted by atomic mass is 16.5. The standard InChI is InChI=1S/C19H21NO4/c21-18(20-14-19(22)10-12-23-13-11-19)16-8-4-5-9-17(16)24-15-6-2-1-3-7-15/h1-9,22H,10-14H2,(H,20,21). The maximum Gasteiger partial charge on any atom is 0.255 e. The van der Waals surface area contributed by atoms with Gasteiger partial charge in [-0.15, -0.1) is 0 Å². The normalized spacial score (nSPS) is 16.4. The highest BCUT2D eigenvalue weighted by Gasteiger charge is 2.30. The Hall–Kier alpha value is -2.37. The molecule has 0 bridgehead atoms. The van der Waals surface area contributed by atoms with Crippen molar-refractivity contribution in [2.45, 2.75) is 18.4 Å². The number of carbonyl (C=O) groups excluding carboxylic acids is 1. The number of carbonyl (C=O) groups is 1. The fourth-order valence-corrected chi connectivity index (χ4v) is 2.63. The van der Waals surface area contributed by atoms with Crippen molar-refractivity contribution in [2.24, 2.45) is 0 Å². The number of ether oxygens (including phenoxy) is 2. The summed E-state index contributed by atoms with van der Waals surface area (Å²) < 4.78 is 11.1. The van der Waals surface area contributed by atoms with E-state index in [4.69, 9.17) is 9.47 Å². The van der Waals surface area contributed by atoms with E-state index >= 15 is 0 Å². The molecule has 2 aromatic rings. The van der Waals surface area contributed by atoms with Gasteiger partial charge in [-0.3, -0.25) is 4.79 Å². The molecule has 5 heteroatoms. The second kappa shape index (κ2) is 7.47. The molecule has 0 radical (unpaired) electrons. The van der Waals surface area contributed by atoms with Crippen molar-refractivity contribution in [1.29, 1.82) is 0 Å². The average molecular weight is 327 g/mol. The van der Waals surface area contributed by atoms with Gasteiger partial charge < -0.3 is 19.9 Å². The lowest BCUT2D eigenvalue weighted by atomic mass is 9.94. The predicted molar refractivity (Wildman–Crippen MR) is 90.3 cm³/mol. The molecule has 0 aliphatic carbocycles. The Bertz CT molecular complexity index is 681. The Kier molecular flexibility index (Phi) is 5.13. The molecule has 1 heterocycles. The van der Waals surface area contributed by atoms with E-state index in [1.165, 1.54) is 0 Å². The quantitative estimate of drug-likeness (QED) is 0.886. The van der Waals surface area contributed by atoms with Crippen molar-refractivity contribution in [3.05, 3.63) is 60.2 Å². The van der Waals surface area contributed by atoms with E-state index in [2.05, 4.69) is 5.32 Å². The zero-order valence-electron chi connectivity index (χ0n) is 13.4. The first kappa shape index (κ1) is 16.5. The van der Waals surface area contributed by atoms with Gasteiger partial charge in [0.05, 0.1) is 11.2 Å². The van der Waals surface area contributed by atoms with Gasteiger partial charge in [0.2, 0.25) is 0 Å². The largest absolute Gasteiger partial charge is 0.457 e. The summed E-state index contributed by atoms with van der Waals surface area (Å²) in [6.07, 6.45) is 1.05. The molecule has 5 nitrogen and oxygen atoms in total. The molecular weight excluding hydrogens is 306 g/mol. The van der Waals surface area contributed by atoms with Gasteiger partial charge in [-0.05, 0) is 24.3 Å². The molecule has 0 aromatic heterocycles. The number of hydrogen-bond donors (Lipinski definition) is 2. The van der Waals surface area contributed by atoms with Crippen LogP contribution in [0.4, 0.5) is 0 Å². The number of rotatable bonds is 5. The number of hydrogen-bond acceptors (Lipinski definition) is 4. The second-order valence-electron chi connectivity index (χ2n) is 5.93. The summed E-state index contributed by atoms with van der Waals surface area (Å²) in [5, 5.41) is 13.3. The highest BCUT2D eigenvalue weighted by molar-refractivity contribution is 5.97. The number of amides is 1. The Balaban J connectivity index is 1.68. The van der Waals surface area contributed by atoms with Crippen LogP contribution in [0.25, 0.3) is 0 Å². The minimum absolute atomic E-state index is 0.203. The Morgan fingerprint density at radius 1 is 1.08 bits per heavy atom. The molecule has 24 heavy (non-hydrogen) atoms. The number of aliphatic hydroxyl groups is 1. The predicted octanol–water partition coefficient (Wildman–Crippen LogP) is 2.75. The van der Waals surface area contributed by atoms with Crippen LogP contribution in [0.1, 0.15) is 23.2 Å². The number of nitrogens with one attached hydrogen (secondary N) is 1. The van der Waals surface area contributed by atoms with Crippen molar-refractivity contribution in [3.8, 4) is 11.5 Å². The first-order chi connectivity index (χ1) is 11.7. The van der Waals surface area contributed by atoms with E-state index in [0.717, 1.165) is 0 Å². The summed E-state index contributed by atoms with van der Waals surface area (Å²) in [5.41, 5.74) is -0.458. The van der Waals surface area contributed by atoms with E-state index in [1.807, 2.05) is 36.4 Å². The molecule has 0 atom stereocenters. The lowest BCUT2D eigenvalue weighted by Gasteiger charge is -2.32. The van der Waals surface area contributed by atoms with Gasteiger partial charge in [-0.25, -0.2) is 0 Å². The van der Waals surface area contributed by atoms with Crippen molar-refractivity contribution in [1.82, 2.24) is 5.32 Å². The zero-order chi connectivity index (χ0) is 16.8. The third-order valence-corrected chi connectivity index (χ3v) is 4.10. The average Bonchev–Trinajstić information content (AvgIpc) is 2.62. The maximum atomic E-state index is 12.5. The fourth-order valence-electron chi connectivity index (χ4n) is 2.63. The molecule has 0 spiro atoms. The lowest BCUT2D eigenvalue weighted by molar-refractivity contribution is -0.0605. The first-order valence-electron chi connectivity index (χ1n) is 8.07. The van der Waals surface area contributed by atoms with Crippen LogP contribution < -0.4 is 10.1 Å². The van der Waals surface area contributed by atoms with Crippen LogP contribution in [0.3, 0.4) is 0 Å². The van der Waals surface area contributed by atoms with Gasteiger partial charge in [-0.2, -0.15) is 0 Å². The van der Waals surface area contributed by atoms with Crippen LogP contribution in [0.15, 0.2) is 54.6 Å². The topological polar surface area (TPSA) is 67.8 Å². The number of benzene rings is 2. The molecule has 1 aliphatic rings. The second-order valence-corrected chi connectivity index (χ2v) is 5.93. The van der Waals surface area contributed by atoms with E-state index < -0.39 is 5.60 Å². The van der Waals surface area contributed by atoms with Crippen molar-refractivity contribution < 1.29 is 19.4 Å². The van der Waals surface area contributed by atoms with Crippen molar-refractivity contribution in [2.75, 3.05) is 19.8 Å². The number of para-hydroxylation sites is 2. The van der Waals surface area contributed by atoms with Crippen LogP contribution in [0.2, 0.25) is 0 Å². The van der Waals surface area contributed by atoms with Crippen LogP contribution in [-0.2, 0) is 4.74 Å². The maximum absolute atomic E-state index is 12.5. The van der Waals surface area contributed by atoms with Gasteiger partial charge in [-0.1, -0.05) is 30.3 Å². The fraction of sp³-hybridized carbons (Fsp3) is 0.316. The Morgan fingerprint density at radius 2 is 1.75 bits per heavy atom. The molecule has 1 fully saturated rings. The Labute approximate surface area is 141 Å². The summed E-state index contributed by atoms with van der Waals surface area (Å²) in [7, 11) is 0. The van der Waals surface area contributed by atoms with E-state index in [-0.39, 0.29) is 12.5 Å². The summed E-state index contributed by atoms with van der Waals surface area (Å²) in [6, 6.07) is 16.4. The summed E-state index contributed by atoms with van der Waals surface area (Å²) in [4.78, 5) is 12.5. The van der Waals surface area contributed by atoms with E-state index in [1.54, 1.807) is 18.2 Å². The first-order valence-corrected chi connectivity index (χ1v) is 8.07. The molecule has 1 saturated heterocycles. The minimum atomic E-state index is -0.900.